The molecule has 0 aliphatic heterocycles. The molecule has 0 saturated carbocycles. The third-order valence-corrected chi connectivity index (χ3v) is 6.68. The number of hydrogen-bond acceptors (Lipinski definition) is 6. The van der Waals surface area contributed by atoms with Gasteiger partial charge in [-0.05, 0) is 29.8 Å². The monoisotopic (exact) mass is 461 g/mol. The van der Waals surface area contributed by atoms with E-state index in [0.717, 1.165) is 16.4 Å². The lowest BCUT2D eigenvalue weighted by Crippen LogP contribution is -2.31. The molecule has 2 N–H and O–H groups in total. The van der Waals surface area contributed by atoms with Crippen molar-refractivity contribution >= 4 is 15.7 Å². The number of aromatic hydroxyl groups is 1. The Morgan fingerprint density at radius 3 is 2.21 bits per heavy atom. The Morgan fingerprint density at radius 1 is 0.909 bits per heavy atom. The number of carbonyl (C=O) groups excluding carboxylic acids is 1. The molecular weight excluding hydrogens is 442 g/mol. The van der Waals surface area contributed by atoms with Gasteiger partial charge in [-0.1, -0.05) is 60.7 Å². The van der Waals surface area contributed by atoms with Crippen LogP contribution in [0.2, 0.25) is 0 Å². The summed E-state index contributed by atoms with van der Waals surface area (Å²) in [6, 6.07) is 22.9. The van der Waals surface area contributed by atoms with Gasteiger partial charge in [0.15, 0.2) is 11.4 Å². The van der Waals surface area contributed by atoms with Crippen molar-refractivity contribution in [3.63, 3.8) is 0 Å². The Bertz CT molecular complexity index is 1470. The number of benzene rings is 3. The molecule has 4 aromatic rings. The number of hydrogen-bond donors (Lipinski definition) is 2. The van der Waals surface area contributed by atoms with Crippen molar-refractivity contribution in [1.82, 2.24) is 15.1 Å². The first-order valence-corrected chi connectivity index (χ1v) is 11.4. The summed E-state index contributed by atoms with van der Waals surface area (Å²) in [4.78, 5) is 25.0. The molecule has 33 heavy (non-hydrogen) atoms. The highest BCUT2D eigenvalue weighted by Gasteiger charge is 2.24. The van der Waals surface area contributed by atoms with Crippen LogP contribution in [0.4, 0.5) is 0 Å². The van der Waals surface area contributed by atoms with Crippen molar-refractivity contribution in [2.45, 2.75) is 16.3 Å². The van der Waals surface area contributed by atoms with Gasteiger partial charge in [0.1, 0.15) is 0 Å². The Morgan fingerprint density at radius 2 is 1.52 bits per heavy atom. The van der Waals surface area contributed by atoms with E-state index in [1.807, 2.05) is 18.2 Å². The van der Waals surface area contributed by atoms with E-state index in [1.54, 1.807) is 42.5 Å². The fraction of sp³-hybridized carbons (Fsp3) is 0.0417. The second kappa shape index (κ2) is 9.09. The number of sulfone groups is 1. The standard InChI is InChI=1S/C24H19N3O5S/c28-20-16-27(26-22(23(20)29)24(30)25-15-17-9-3-1-4-10-17)19-13-7-8-14-21(19)33(31,32)18-11-5-2-6-12-18/h1-14,16,28H,15H2,(H,25,30). The van der Waals surface area contributed by atoms with Crippen molar-refractivity contribution in [2.75, 3.05) is 0 Å². The van der Waals surface area contributed by atoms with Crippen molar-refractivity contribution in [1.29, 1.82) is 0 Å². The Kier molecular flexibility index (Phi) is 6.05. The summed E-state index contributed by atoms with van der Waals surface area (Å²) in [5.41, 5.74) is -0.627. The maximum atomic E-state index is 13.2. The lowest BCUT2D eigenvalue weighted by Gasteiger charge is -2.13. The van der Waals surface area contributed by atoms with Gasteiger partial charge in [0.2, 0.25) is 9.84 Å². The van der Waals surface area contributed by atoms with E-state index in [-0.39, 0.29) is 22.0 Å². The van der Waals surface area contributed by atoms with Crippen LogP contribution in [0.25, 0.3) is 5.69 Å². The smallest absolute Gasteiger partial charge is 0.276 e. The molecule has 4 rings (SSSR count). The van der Waals surface area contributed by atoms with E-state index >= 15 is 0 Å². The van der Waals surface area contributed by atoms with E-state index in [4.69, 9.17) is 0 Å². The number of amides is 1. The average Bonchev–Trinajstić information content (AvgIpc) is 2.85. The molecule has 1 aromatic heterocycles. The number of rotatable bonds is 6. The van der Waals surface area contributed by atoms with Crippen molar-refractivity contribution in [2.24, 2.45) is 0 Å². The zero-order chi connectivity index (χ0) is 23.4. The van der Waals surface area contributed by atoms with E-state index in [2.05, 4.69) is 10.4 Å². The van der Waals surface area contributed by atoms with Crippen LogP contribution >= 0.6 is 0 Å². The highest BCUT2D eigenvalue weighted by Crippen LogP contribution is 2.26. The molecule has 1 amide bonds. The fourth-order valence-electron chi connectivity index (χ4n) is 3.21. The van der Waals surface area contributed by atoms with Crippen LogP contribution in [0.5, 0.6) is 5.75 Å². The SMILES string of the molecule is O=C(NCc1ccccc1)c1nn(-c2ccccc2S(=O)(=O)c2ccccc2)cc(O)c1=O. The molecule has 0 unspecified atom stereocenters. The van der Waals surface area contributed by atoms with Crippen LogP contribution < -0.4 is 10.7 Å². The summed E-state index contributed by atoms with van der Waals surface area (Å²) in [7, 11) is -3.94. The second-order valence-corrected chi connectivity index (χ2v) is 9.01. The lowest BCUT2D eigenvalue weighted by molar-refractivity contribution is 0.0942. The van der Waals surface area contributed by atoms with E-state index in [0.29, 0.717) is 0 Å². The van der Waals surface area contributed by atoms with E-state index < -0.39 is 32.6 Å². The summed E-state index contributed by atoms with van der Waals surface area (Å²) in [5, 5.41) is 16.8. The maximum Gasteiger partial charge on any atom is 0.276 e. The normalized spacial score (nSPS) is 11.2. The summed E-state index contributed by atoms with van der Waals surface area (Å²) < 4.78 is 27.4. The minimum Gasteiger partial charge on any atom is -0.503 e. The second-order valence-electron chi connectivity index (χ2n) is 7.09. The maximum absolute atomic E-state index is 13.2. The zero-order valence-electron chi connectivity index (χ0n) is 17.3. The first kappa shape index (κ1) is 22.0. The molecule has 3 aromatic carbocycles. The third-order valence-electron chi connectivity index (χ3n) is 4.87. The number of nitrogens with one attached hydrogen (secondary N) is 1. The predicted octanol–water partition coefficient (Wildman–Crippen LogP) is 2.70. The van der Waals surface area contributed by atoms with Crippen LogP contribution in [-0.2, 0) is 16.4 Å². The molecule has 0 fully saturated rings. The molecule has 0 saturated heterocycles. The summed E-state index contributed by atoms with van der Waals surface area (Å²) >= 11 is 0. The predicted molar refractivity (Wildman–Crippen MR) is 121 cm³/mol. The van der Waals surface area contributed by atoms with Crippen molar-refractivity contribution in [3.8, 4) is 11.4 Å². The first-order chi connectivity index (χ1) is 15.9. The Hall–Kier alpha value is -4.24. The molecule has 0 atom stereocenters. The molecule has 0 radical (unpaired) electrons. The minimum atomic E-state index is -3.94. The van der Waals surface area contributed by atoms with Crippen LogP contribution in [0.1, 0.15) is 16.1 Å². The summed E-state index contributed by atoms with van der Waals surface area (Å²) in [6.45, 7) is 0.148. The molecule has 9 heteroatoms. The zero-order valence-corrected chi connectivity index (χ0v) is 18.1. The summed E-state index contributed by atoms with van der Waals surface area (Å²) in [5.74, 6) is -1.53. The van der Waals surface area contributed by atoms with Gasteiger partial charge in [0.05, 0.1) is 21.7 Å². The van der Waals surface area contributed by atoms with Gasteiger partial charge in [-0.15, -0.1) is 0 Å². The van der Waals surface area contributed by atoms with Crippen LogP contribution in [0.15, 0.2) is 106 Å². The largest absolute Gasteiger partial charge is 0.503 e. The third kappa shape index (κ3) is 4.53. The molecule has 8 nitrogen and oxygen atoms in total. The average molecular weight is 461 g/mol. The number of carbonyl (C=O) groups is 1. The van der Waals surface area contributed by atoms with Gasteiger partial charge in [0.25, 0.3) is 11.3 Å². The minimum absolute atomic E-state index is 0.0727. The fourth-order valence-corrected chi connectivity index (χ4v) is 4.68. The van der Waals surface area contributed by atoms with E-state index in [1.165, 1.54) is 24.3 Å². The van der Waals surface area contributed by atoms with Crippen LogP contribution in [-0.4, -0.2) is 29.2 Å². The quantitative estimate of drug-likeness (QED) is 0.456. The Balaban J connectivity index is 1.75. The van der Waals surface area contributed by atoms with Crippen molar-refractivity contribution < 1.29 is 18.3 Å². The van der Waals surface area contributed by atoms with Gasteiger partial charge < -0.3 is 10.4 Å². The molecule has 0 spiro atoms. The van der Waals surface area contributed by atoms with Crippen LogP contribution in [0, 0.1) is 0 Å². The molecule has 166 valence electrons. The van der Waals surface area contributed by atoms with Gasteiger partial charge in [-0.3, -0.25) is 9.59 Å². The van der Waals surface area contributed by atoms with Gasteiger partial charge >= 0.3 is 0 Å². The van der Waals surface area contributed by atoms with Crippen molar-refractivity contribution in [3.05, 3.63) is 113 Å². The number of para-hydroxylation sites is 1. The van der Waals surface area contributed by atoms with E-state index in [9.17, 15) is 23.1 Å². The molecule has 0 aliphatic rings. The Labute approximate surface area is 189 Å². The summed E-state index contributed by atoms with van der Waals surface area (Å²) in [6.07, 6.45) is 0.982. The molecular formula is C24H19N3O5S. The van der Waals surface area contributed by atoms with Crippen LogP contribution in [0.3, 0.4) is 0 Å². The van der Waals surface area contributed by atoms with Gasteiger partial charge in [0, 0.05) is 6.54 Å². The van der Waals surface area contributed by atoms with Gasteiger partial charge in [-0.2, -0.15) is 5.10 Å². The molecule has 0 bridgehead atoms. The molecule has 1 heterocycles. The molecule has 0 aliphatic carbocycles. The topological polar surface area (TPSA) is 118 Å². The number of aromatic nitrogens is 2. The highest BCUT2D eigenvalue weighted by atomic mass is 32.2. The number of nitrogens with zero attached hydrogens (tertiary/aromatic N) is 2. The lowest BCUT2D eigenvalue weighted by atomic mass is 10.2. The highest BCUT2D eigenvalue weighted by molar-refractivity contribution is 7.91. The van der Waals surface area contributed by atoms with Gasteiger partial charge in [-0.25, -0.2) is 13.1 Å². The first-order valence-electron chi connectivity index (χ1n) is 9.92.